The van der Waals surface area contributed by atoms with Crippen molar-refractivity contribution in [3.05, 3.63) is 77.2 Å². The van der Waals surface area contributed by atoms with Crippen LogP contribution in [0.3, 0.4) is 0 Å². The van der Waals surface area contributed by atoms with Gasteiger partial charge in [-0.1, -0.05) is 42.5 Å². The molecule has 0 aliphatic carbocycles. The fourth-order valence-corrected chi connectivity index (χ4v) is 2.10. The van der Waals surface area contributed by atoms with Crippen molar-refractivity contribution in [3.8, 4) is 0 Å². The number of ether oxygens (including phenoxy) is 1. The number of aromatic carboxylic acids is 1. The zero-order valence-electron chi connectivity index (χ0n) is 15.8. The minimum atomic E-state index is -1.26. The largest absolute Gasteiger partial charge is 0.500 e. The SMILES string of the molecule is CCOC(=O)C(O)=C(N=Nc1ccccc1C(=O)O)C(=O)NN=Cc1ccccc1. The van der Waals surface area contributed by atoms with Gasteiger partial charge in [0.2, 0.25) is 11.5 Å². The van der Waals surface area contributed by atoms with Crippen LogP contribution in [-0.2, 0) is 14.3 Å². The van der Waals surface area contributed by atoms with Crippen LogP contribution < -0.4 is 5.43 Å². The van der Waals surface area contributed by atoms with Gasteiger partial charge in [-0.3, -0.25) is 4.79 Å². The number of hydrazone groups is 1. The molecule has 0 saturated heterocycles. The molecule has 0 aromatic heterocycles. The Bertz CT molecular complexity index is 1010. The highest BCUT2D eigenvalue weighted by molar-refractivity contribution is 6.01. The number of benzene rings is 2. The average molecular weight is 410 g/mol. The third kappa shape index (κ3) is 6.09. The van der Waals surface area contributed by atoms with Crippen molar-refractivity contribution in [2.24, 2.45) is 15.3 Å². The summed E-state index contributed by atoms with van der Waals surface area (Å²) in [6, 6.07) is 14.5. The van der Waals surface area contributed by atoms with Gasteiger partial charge in [0.25, 0.3) is 5.91 Å². The Labute approximate surface area is 171 Å². The lowest BCUT2D eigenvalue weighted by Gasteiger charge is -2.05. The number of aliphatic hydroxyl groups excluding tert-OH is 1. The lowest BCUT2D eigenvalue weighted by atomic mass is 10.2. The molecule has 10 heteroatoms. The number of rotatable bonds is 8. The second kappa shape index (κ2) is 10.9. The Morgan fingerprint density at radius 3 is 2.37 bits per heavy atom. The molecule has 0 unspecified atom stereocenters. The van der Waals surface area contributed by atoms with Gasteiger partial charge in [0.1, 0.15) is 5.69 Å². The van der Waals surface area contributed by atoms with Gasteiger partial charge in [-0.25, -0.2) is 15.0 Å². The Morgan fingerprint density at radius 1 is 1.03 bits per heavy atom. The first-order valence-electron chi connectivity index (χ1n) is 8.67. The van der Waals surface area contributed by atoms with Crippen LogP contribution in [0.15, 0.2) is 81.4 Å². The van der Waals surface area contributed by atoms with Gasteiger partial charge < -0.3 is 14.9 Å². The highest BCUT2D eigenvalue weighted by atomic mass is 16.5. The third-order valence-corrected chi connectivity index (χ3v) is 3.48. The predicted octanol–water partition coefficient (Wildman–Crippen LogP) is 2.95. The molecule has 1 amide bonds. The molecule has 10 nitrogen and oxygen atoms in total. The molecule has 0 saturated carbocycles. The standard InChI is InChI=1S/C20H18N4O6/c1-2-30-20(29)17(25)16(18(26)24-21-12-13-8-4-3-5-9-13)23-22-15-11-7-6-10-14(15)19(27)28/h3-12,25H,2H2,1H3,(H,24,26)(H,27,28). The normalized spacial score (nSPS) is 11.9. The smallest absolute Gasteiger partial charge is 0.376 e. The number of hydrogen-bond acceptors (Lipinski definition) is 8. The molecule has 0 fully saturated rings. The first-order chi connectivity index (χ1) is 14.4. The number of carboxylic acid groups (broad SMARTS) is 1. The predicted molar refractivity (Wildman–Crippen MR) is 106 cm³/mol. The Balaban J connectivity index is 2.32. The first-order valence-corrected chi connectivity index (χ1v) is 8.67. The van der Waals surface area contributed by atoms with E-state index in [2.05, 4.69) is 25.5 Å². The van der Waals surface area contributed by atoms with Crippen molar-refractivity contribution in [1.82, 2.24) is 5.43 Å². The van der Waals surface area contributed by atoms with Gasteiger partial charge in [0, 0.05) is 0 Å². The molecular weight excluding hydrogens is 392 g/mol. The van der Waals surface area contributed by atoms with Crippen molar-refractivity contribution >= 4 is 29.7 Å². The maximum atomic E-state index is 12.4. The molecular formula is C20H18N4O6. The number of hydrogen-bond donors (Lipinski definition) is 3. The average Bonchev–Trinajstić information content (AvgIpc) is 2.74. The van der Waals surface area contributed by atoms with E-state index in [-0.39, 0.29) is 17.9 Å². The molecule has 2 rings (SSSR count). The summed E-state index contributed by atoms with van der Waals surface area (Å²) in [6.07, 6.45) is 1.34. The first kappa shape index (κ1) is 22.0. The van der Waals surface area contributed by atoms with E-state index in [1.165, 1.54) is 37.4 Å². The van der Waals surface area contributed by atoms with Crippen LogP contribution in [0.2, 0.25) is 0 Å². The number of nitrogens with one attached hydrogen (secondary N) is 1. The number of amides is 1. The lowest BCUT2D eigenvalue weighted by molar-refractivity contribution is -0.142. The number of nitrogens with zero attached hydrogens (tertiary/aromatic N) is 3. The topological polar surface area (TPSA) is 150 Å². The lowest BCUT2D eigenvalue weighted by Crippen LogP contribution is -2.22. The molecule has 0 spiro atoms. The second-order valence-corrected chi connectivity index (χ2v) is 5.55. The van der Waals surface area contributed by atoms with Crippen LogP contribution in [0, 0.1) is 0 Å². The van der Waals surface area contributed by atoms with Crippen LogP contribution >= 0.6 is 0 Å². The molecule has 0 radical (unpaired) electrons. The van der Waals surface area contributed by atoms with Gasteiger partial charge in [0.05, 0.1) is 18.4 Å². The number of aliphatic hydroxyl groups is 1. The van der Waals surface area contributed by atoms with E-state index in [9.17, 15) is 24.6 Å². The van der Waals surface area contributed by atoms with Crippen molar-refractivity contribution < 1.29 is 29.3 Å². The number of azo groups is 1. The molecule has 0 aliphatic rings. The summed E-state index contributed by atoms with van der Waals surface area (Å²) in [5, 5.41) is 30.3. The van der Waals surface area contributed by atoms with Gasteiger partial charge in [-0.05, 0) is 24.6 Å². The minimum absolute atomic E-state index is 0.0526. The van der Waals surface area contributed by atoms with E-state index >= 15 is 0 Å². The van der Waals surface area contributed by atoms with Crippen LogP contribution in [0.25, 0.3) is 0 Å². The summed E-state index contributed by atoms with van der Waals surface area (Å²) < 4.78 is 4.66. The fourth-order valence-electron chi connectivity index (χ4n) is 2.10. The van der Waals surface area contributed by atoms with E-state index in [1.807, 2.05) is 6.07 Å². The van der Waals surface area contributed by atoms with Crippen LogP contribution in [0.1, 0.15) is 22.8 Å². The molecule has 154 valence electrons. The minimum Gasteiger partial charge on any atom is -0.500 e. The fraction of sp³-hybridized carbons (Fsp3) is 0.100. The van der Waals surface area contributed by atoms with Crippen molar-refractivity contribution in [2.45, 2.75) is 6.92 Å². The van der Waals surface area contributed by atoms with Crippen molar-refractivity contribution in [1.29, 1.82) is 0 Å². The number of carboxylic acids is 1. The van der Waals surface area contributed by atoms with Gasteiger partial charge in [-0.2, -0.15) is 5.10 Å². The van der Waals surface area contributed by atoms with E-state index in [1.54, 1.807) is 24.3 Å². The highest BCUT2D eigenvalue weighted by Gasteiger charge is 2.22. The van der Waals surface area contributed by atoms with Gasteiger partial charge in [-0.15, -0.1) is 10.2 Å². The van der Waals surface area contributed by atoms with E-state index in [0.29, 0.717) is 5.56 Å². The Morgan fingerprint density at radius 2 is 1.70 bits per heavy atom. The zero-order chi connectivity index (χ0) is 21.9. The quantitative estimate of drug-likeness (QED) is 0.152. The van der Waals surface area contributed by atoms with Crippen LogP contribution in [0.5, 0.6) is 0 Å². The van der Waals surface area contributed by atoms with Crippen molar-refractivity contribution in [3.63, 3.8) is 0 Å². The number of esters is 1. The molecule has 3 N–H and O–H groups in total. The second-order valence-electron chi connectivity index (χ2n) is 5.55. The van der Waals surface area contributed by atoms with Gasteiger partial charge in [0.15, 0.2) is 0 Å². The Hall–Kier alpha value is -4.34. The van der Waals surface area contributed by atoms with E-state index in [4.69, 9.17) is 0 Å². The van der Waals surface area contributed by atoms with Crippen LogP contribution in [0.4, 0.5) is 5.69 Å². The number of carbonyl (C=O) groups is 3. The molecule has 0 aliphatic heterocycles. The maximum absolute atomic E-state index is 12.4. The highest BCUT2D eigenvalue weighted by Crippen LogP contribution is 2.20. The van der Waals surface area contributed by atoms with E-state index in [0.717, 1.165) is 0 Å². The maximum Gasteiger partial charge on any atom is 0.376 e. The number of carbonyl (C=O) groups excluding carboxylic acids is 2. The summed E-state index contributed by atoms with van der Waals surface area (Å²) in [5.74, 6) is -4.60. The van der Waals surface area contributed by atoms with Crippen molar-refractivity contribution in [2.75, 3.05) is 6.61 Å². The molecule has 0 atom stereocenters. The summed E-state index contributed by atoms with van der Waals surface area (Å²) >= 11 is 0. The summed E-state index contributed by atoms with van der Waals surface area (Å²) in [4.78, 5) is 35.5. The molecule has 30 heavy (non-hydrogen) atoms. The summed E-state index contributed by atoms with van der Waals surface area (Å²) in [7, 11) is 0. The molecule has 2 aromatic carbocycles. The monoisotopic (exact) mass is 410 g/mol. The summed E-state index contributed by atoms with van der Waals surface area (Å²) in [5.41, 5.74) is 1.75. The molecule has 0 bridgehead atoms. The van der Waals surface area contributed by atoms with E-state index < -0.39 is 29.3 Å². The van der Waals surface area contributed by atoms with Crippen LogP contribution in [-0.4, -0.2) is 40.9 Å². The molecule has 0 heterocycles. The molecule has 2 aromatic rings. The zero-order valence-corrected chi connectivity index (χ0v) is 15.8. The van der Waals surface area contributed by atoms with Gasteiger partial charge >= 0.3 is 11.9 Å². The Kier molecular flexibility index (Phi) is 7.94. The third-order valence-electron chi connectivity index (χ3n) is 3.48. The summed E-state index contributed by atoms with van der Waals surface area (Å²) in [6.45, 7) is 1.46.